The van der Waals surface area contributed by atoms with Crippen LogP contribution < -0.4 is 0 Å². The molecule has 2 aliphatic rings. The topological polar surface area (TPSA) is 34.6 Å². The van der Waals surface area contributed by atoms with Crippen molar-refractivity contribution in [3.05, 3.63) is 60.2 Å². The van der Waals surface area contributed by atoms with Crippen molar-refractivity contribution in [1.29, 1.82) is 0 Å². The lowest BCUT2D eigenvalue weighted by Gasteiger charge is -2.42. The smallest absolute Gasteiger partial charge is 0.123 e. The van der Waals surface area contributed by atoms with Crippen molar-refractivity contribution < 1.29 is 13.9 Å². The van der Waals surface area contributed by atoms with Crippen LogP contribution in [0.4, 0.5) is 4.39 Å². The van der Waals surface area contributed by atoms with E-state index < -0.39 is 0 Å². The molecule has 31 heavy (non-hydrogen) atoms. The Hall–Kier alpha value is -2.08. The number of pyridine rings is 1. The molecular formula is C26H33FN2O2. The van der Waals surface area contributed by atoms with Crippen LogP contribution in [0, 0.1) is 23.6 Å². The first-order chi connectivity index (χ1) is 15.0. The third kappa shape index (κ3) is 4.74. The Labute approximate surface area is 185 Å². The summed E-state index contributed by atoms with van der Waals surface area (Å²) in [5.74, 6) is 1.36. The molecule has 1 aromatic heterocycles. The number of benzene rings is 1. The molecule has 0 bridgehead atoms. The Morgan fingerprint density at radius 3 is 2.42 bits per heavy atom. The minimum atomic E-state index is -0.234. The Balaban J connectivity index is 1.50. The largest absolute Gasteiger partial charge is 0.381 e. The molecule has 0 saturated heterocycles. The molecule has 166 valence electrons. The minimum absolute atomic E-state index is 0.233. The van der Waals surface area contributed by atoms with Gasteiger partial charge >= 0.3 is 0 Å². The van der Waals surface area contributed by atoms with Gasteiger partial charge in [-0.2, -0.15) is 0 Å². The van der Waals surface area contributed by atoms with Crippen LogP contribution in [-0.2, 0) is 9.47 Å². The highest BCUT2D eigenvalue weighted by atomic mass is 19.1. The molecular weight excluding hydrogens is 391 g/mol. The zero-order valence-electron chi connectivity index (χ0n) is 18.9. The van der Waals surface area contributed by atoms with Crippen molar-refractivity contribution in [2.75, 3.05) is 28.3 Å². The van der Waals surface area contributed by atoms with E-state index in [1.807, 2.05) is 38.6 Å². The number of halogens is 1. The number of fused-ring (bicyclic) bond motifs is 1. The highest BCUT2D eigenvalue weighted by Crippen LogP contribution is 2.49. The number of rotatable bonds is 6. The first kappa shape index (κ1) is 22.1. The van der Waals surface area contributed by atoms with Crippen LogP contribution in [0.1, 0.15) is 25.0 Å². The van der Waals surface area contributed by atoms with Crippen LogP contribution in [0.3, 0.4) is 0 Å². The number of methoxy groups -OCH3 is 2. The molecule has 2 fully saturated rings. The molecule has 0 amide bonds. The third-order valence-electron chi connectivity index (χ3n) is 7.24. The lowest BCUT2D eigenvalue weighted by atomic mass is 9.74. The van der Waals surface area contributed by atoms with Crippen molar-refractivity contribution in [1.82, 2.24) is 9.88 Å². The Kier molecular flexibility index (Phi) is 6.85. The van der Waals surface area contributed by atoms with Gasteiger partial charge in [0.15, 0.2) is 0 Å². The van der Waals surface area contributed by atoms with Crippen LogP contribution in [-0.4, -0.2) is 56.4 Å². The van der Waals surface area contributed by atoms with Gasteiger partial charge in [0.25, 0.3) is 0 Å². The van der Waals surface area contributed by atoms with Gasteiger partial charge in [0.1, 0.15) is 5.82 Å². The van der Waals surface area contributed by atoms with Crippen LogP contribution in [0.5, 0.6) is 0 Å². The van der Waals surface area contributed by atoms with E-state index in [4.69, 9.17) is 9.47 Å². The summed E-state index contributed by atoms with van der Waals surface area (Å²) in [5, 5.41) is 0. The summed E-state index contributed by atoms with van der Waals surface area (Å²) in [6, 6.07) is 11.0. The van der Waals surface area contributed by atoms with Gasteiger partial charge in [-0.25, -0.2) is 4.39 Å². The minimum Gasteiger partial charge on any atom is -0.381 e. The number of ether oxygens (including phenoxy) is 2. The summed E-state index contributed by atoms with van der Waals surface area (Å²) >= 11 is 0. The molecule has 2 aromatic rings. The first-order valence-corrected chi connectivity index (χ1v) is 11.1. The van der Waals surface area contributed by atoms with Gasteiger partial charge in [-0.15, -0.1) is 0 Å². The SMILES string of the molecule is CO[C@H]1C[C@@H]2C[C@H](OC)[C@@H](N(C)C)C[C@H]2[C@@H]1/C=C/c1ccc(-c2cccc(F)c2)cn1. The van der Waals surface area contributed by atoms with Gasteiger partial charge in [0.2, 0.25) is 0 Å². The van der Waals surface area contributed by atoms with Crippen LogP contribution >= 0.6 is 0 Å². The number of hydrogen-bond donors (Lipinski definition) is 0. The molecule has 1 heterocycles. The van der Waals surface area contributed by atoms with E-state index in [0.29, 0.717) is 23.8 Å². The zero-order valence-corrected chi connectivity index (χ0v) is 18.9. The second kappa shape index (κ2) is 9.60. The van der Waals surface area contributed by atoms with Gasteiger partial charge < -0.3 is 14.4 Å². The maximum atomic E-state index is 13.5. The van der Waals surface area contributed by atoms with E-state index in [2.05, 4.69) is 36.1 Å². The Morgan fingerprint density at radius 2 is 1.77 bits per heavy atom. The number of nitrogens with zero attached hydrogens (tertiary/aromatic N) is 2. The van der Waals surface area contributed by atoms with Crippen LogP contribution in [0.25, 0.3) is 17.2 Å². The normalized spacial score (nSPS) is 30.8. The summed E-state index contributed by atoms with van der Waals surface area (Å²) in [4.78, 5) is 6.89. The van der Waals surface area contributed by atoms with Gasteiger partial charge in [-0.1, -0.05) is 24.3 Å². The fourth-order valence-electron chi connectivity index (χ4n) is 5.60. The second-order valence-electron chi connectivity index (χ2n) is 9.13. The average Bonchev–Trinajstić information content (AvgIpc) is 3.13. The predicted octanol–water partition coefficient (Wildman–Crippen LogP) is 4.91. The van der Waals surface area contributed by atoms with E-state index in [0.717, 1.165) is 36.1 Å². The lowest BCUT2D eigenvalue weighted by molar-refractivity contribution is -0.0282. The molecule has 0 radical (unpaired) electrons. The molecule has 0 spiro atoms. The van der Waals surface area contributed by atoms with E-state index in [1.165, 1.54) is 12.1 Å². The zero-order chi connectivity index (χ0) is 22.0. The monoisotopic (exact) mass is 424 g/mol. The molecule has 4 nitrogen and oxygen atoms in total. The molecule has 2 aliphatic carbocycles. The number of hydrogen-bond acceptors (Lipinski definition) is 4. The van der Waals surface area contributed by atoms with Crippen LogP contribution in [0.15, 0.2) is 48.7 Å². The quantitative estimate of drug-likeness (QED) is 0.660. The fraction of sp³-hybridized carbons (Fsp3) is 0.500. The summed E-state index contributed by atoms with van der Waals surface area (Å²) < 4.78 is 25.2. The van der Waals surface area contributed by atoms with Gasteiger partial charge in [0, 0.05) is 37.9 Å². The van der Waals surface area contributed by atoms with Gasteiger partial charge in [-0.05, 0) is 75.0 Å². The summed E-state index contributed by atoms with van der Waals surface area (Å²) in [7, 11) is 7.95. The van der Waals surface area contributed by atoms with Gasteiger partial charge in [-0.3, -0.25) is 4.98 Å². The van der Waals surface area contributed by atoms with E-state index >= 15 is 0 Å². The van der Waals surface area contributed by atoms with Crippen LogP contribution in [0.2, 0.25) is 0 Å². The number of likely N-dealkylation sites (N-methyl/N-ethyl adjacent to an activating group) is 1. The fourth-order valence-corrected chi connectivity index (χ4v) is 5.60. The Bertz CT molecular complexity index is 899. The molecule has 1 aromatic carbocycles. The molecule has 0 unspecified atom stereocenters. The highest BCUT2D eigenvalue weighted by molar-refractivity contribution is 5.63. The molecule has 5 heteroatoms. The van der Waals surface area contributed by atoms with Crippen molar-refractivity contribution in [2.45, 2.75) is 37.5 Å². The maximum absolute atomic E-state index is 13.5. The van der Waals surface area contributed by atoms with Crippen molar-refractivity contribution in [3.8, 4) is 11.1 Å². The first-order valence-electron chi connectivity index (χ1n) is 11.1. The molecule has 4 rings (SSSR count). The molecule has 6 atom stereocenters. The maximum Gasteiger partial charge on any atom is 0.123 e. The lowest BCUT2D eigenvalue weighted by Crippen LogP contribution is -2.47. The summed E-state index contributed by atoms with van der Waals surface area (Å²) in [6.45, 7) is 0. The van der Waals surface area contributed by atoms with Crippen molar-refractivity contribution in [3.63, 3.8) is 0 Å². The molecule has 0 N–H and O–H groups in total. The average molecular weight is 425 g/mol. The van der Waals surface area contributed by atoms with E-state index in [-0.39, 0.29) is 18.0 Å². The van der Waals surface area contributed by atoms with Gasteiger partial charge in [0.05, 0.1) is 17.9 Å². The second-order valence-corrected chi connectivity index (χ2v) is 9.13. The Morgan fingerprint density at radius 1 is 1.00 bits per heavy atom. The standard InChI is InChI=1S/C26H33FN2O2/c1-29(2)24-15-23-19(14-26(24)31-4)13-25(30-3)22(23)11-10-21-9-8-18(16-28-21)17-6-5-7-20(27)12-17/h5-12,16,19,22-26H,13-15H2,1-4H3/b11-10+/t19-,22+,23-,24+,25+,26+/m1/s1. The summed E-state index contributed by atoms with van der Waals surface area (Å²) in [6.07, 6.45) is 10.0. The van der Waals surface area contributed by atoms with E-state index in [1.54, 1.807) is 6.07 Å². The highest BCUT2D eigenvalue weighted by Gasteiger charge is 2.48. The number of aromatic nitrogens is 1. The van der Waals surface area contributed by atoms with Crippen molar-refractivity contribution >= 4 is 6.08 Å². The molecule has 0 aliphatic heterocycles. The van der Waals surface area contributed by atoms with E-state index in [9.17, 15) is 4.39 Å². The third-order valence-corrected chi connectivity index (χ3v) is 7.24. The predicted molar refractivity (Wildman–Crippen MR) is 122 cm³/mol. The summed E-state index contributed by atoms with van der Waals surface area (Å²) in [5.41, 5.74) is 2.66. The van der Waals surface area contributed by atoms with Crippen molar-refractivity contribution in [2.24, 2.45) is 17.8 Å². The molecule has 2 saturated carbocycles.